The zero-order chi connectivity index (χ0) is 11.4. The molecule has 0 heterocycles. The van der Waals surface area contributed by atoms with E-state index in [0.717, 1.165) is 5.56 Å². The molecule has 15 heavy (non-hydrogen) atoms. The molecule has 0 fully saturated rings. The molecule has 0 aliphatic heterocycles. The van der Waals surface area contributed by atoms with Gasteiger partial charge in [0.1, 0.15) is 0 Å². The van der Waals surface area contributed by atoms with Crippen LogP contribution in [0.5, 0.6) is 0 Å². The third-order valence-corrected chi connectivity index (χ3v) is 5.40. The fourth-order valence-electron chi connectivity index (χ4n) is 1.07. The topological polar surface area (TPSA) is 26.3 Å². The minimum Gasteiger partial charge on any atom is -0.465 e. The van der Waals surface area contributed by atoms with E-state index in [0.29, 0.717) is 5.56 Å². The second-order valence-electron chi connectivity index (χ2n) is 2.85. The van der Waals surface area contributed by atoms with Gasteiger partial charge in [0, 0.05) is 0 Å². The molecule has 0 aliphatic rings. The number of hydrogen-bond acceptors (Lipinski definition) is 2. The van der Waals surface area contributed by atoms with Crippen molar-refractivity contribution >= 4 is 53.8 Å². The molecule has 1 unspecified atom stereocenters. The van der Waals surface area contributed by atoms with Crippen LogP contribution in [0.15, 0.2) is 24.3 Å². The summed E-state index contributed by atoms with van der Waals surface area (Å²) in [5, 5.41) is 0. The molecule has 1 aromatic carbocycles. The molecule has 0 spiro atoms. The van der Waals surface area contributed by atoms with Crippen molar-refractivity contribution in [3.8, 4) is 0 Å². The van der Waals surface area contributed by atoms with Crippen molar-refractivity contribution in [1.82, 2.24) is 0 Å². The second kappa shape index (κ2) is 6.01. The van der Waals surface area contributed by atoms with E-state index < -0.39 is 0 Å². The molecule has 1 aromatic rings. The van der Waals surface area contributed by atoms with Crippen molar-refractivity contribution in [1.29, 1.82) is 0 Å². The molecule has 0 radical (unpaired) electrons. The number of hydrogen-bond donors (Lipinski definition) is 0. The van der Waals surface area contributed by atoms with Gasteiger partial charge in [-0.25, -0.2) is 4.79 Å². The largest absolute Gasteiger partial charge is 0.465 e. The van der Waals surface area contributed by atoms with Gasteiger partial charge in [0.25, 0.3) is 0 Å². The number of methoxy groups -OCH3 is 1. The van der Waals surface area contributed by atoms with E-state index in [9.17, 15) is 4.79 Å². The van der Waals surface area contributed by atoms with Crippen LogP contribution in [0.3, 0.4) is 0 Å². The van der Waals surface area contributed by atoms with Crippen molar-refractivity contribution in [3.05, 3.63) is 35.4 Å². The highest BCUT2D eigenvalue weighted by Gasteiger charge is 2.15. The Labute approximate surface area is 114 Å². The molecular weight excluding hydrogens is 392 g/mol. The SMILES string of the molecule is COC(=O)c1ccc(C(Br)C(Br)Br)cc1. The molecule has 82 valence electrons. The van der Waals surface area contributed by atoms with Gasteiger partial charge in [0.05, 0.1) is 21.2 Å². The molecule has 0 saturated heterocycles. The summed E-state index contributed by atoms with van der Waals surface area (Å²) < 4.78 is 4.76. The highest BCUT2D eigenvalue weighted by molar-refractivity contribution is 9.25. The van der Waals surface area contributed by atoms with Crippen molar-refractivity contribution in [2.45, 2.75) is 8.56 Å². The lowest BCUT2D eigenvalue weighted by molar-refractivity contribution is 0.0600. The zero-order valence-corrected chi connectivity index (χ0v) is 12.7. The van der Waals surface area contributed by atoms with Gasteiger partial charge in [0.2, 0.25) is 0 Å². The molecule has 2 nitrogen and oxygen atoms in total. The number of ether oxygens (including phenoxy) is 1. The van der Waals surface area contributed by atoms with Gasteiger partial charge in [-0.2, -0.15) is 0 Å². The van der Waals surface area contributed by atoms with Gasteiger partial charge in [-0.15, -0.1) is 0 Å². The predicted molar refractivity (Wildman–Crippen MR) is 71.1 cm³/mol. The number of benzene rings is 1. The third-order valence-electron chi connectivity index (χ3n) is 1.87. The first-order valence-electron chi connectivity index (χ1n) is 4.16. The van der Waals surface area contributed by atoms with Gasteiger partial charge in [0.15, 0.2) is 0 Å². The molecule has 1 atom stereocenters. The number of carbonyl (C=O) groups is 1. The Balaban J connectivity index is 2.85. The fraction of sp³-hybridized carbons (Fsp3) is 0.300. The number of halogens is 3. The maximum Gasteiger partial charge on any atom is 0.337 e. The van der Waals surface area contributed by atoms with E-state index in [2.05, 4.69) is 52.5 Å². The lowest BCUT2D eigenvalue weighted by Gasteiger charge is -2.11. The summed E-state index contributed by atoms with van der Waals surface area (Å²) in [5.41, 5.74) is 1.64. The van der Waals surface area contributed by atoms with Crippen LogP contribution in [0.1, 0.15) is 20.7 Å². The summed E-state index contributed by atoms with van der Waals surface area (Å²) in [4.78, 5) is 11.3. The lowest BCUT2D eigenvalue weighted by atomic mass is 10.1. The minimum atomic E-state index is -0.318. The summed E-state index contributed by atoms with van der Waals surface area (Å²) >= 11 is 10.4. The van der Waals surface area contributed by atoms with Crippen LogP contribution in [0.4, 0.5) is 0 Å². The Bertz CT molecular complexity index is 335. The van der Waals surface area contributed by atoms with E-state index in [1.54, 1.807) is 12.1 Å². The maximum atomic E-state index is 11.2. The first-order valence-corrected chi connectivity index (χ1v) is 6.91. The van der Waals surface area contributed by atoms with Crippen LogP contribution in [-0.4, -0.2) is 16.8 Å². The lowest BCUT2D eigenvalue weighted by Crippen LogP contribution is -2.02. The van der Waals surface area contributed by atoms with Gasteiger partial charge in [-0.1, -0.05) is 59.9 Å². The van der Waals surface area contributed by atoms with Gasteiger partial charge < -0.3 is 4.74 Å². The zero-order valence-electron chi connectivity index (χ0n) is 7.91. The molecule has 1 rings (SSSR count). The van der Waals surface area contributed by atoms with Crippen LogP contribution in [0.2, 0.25) is 0 Å². The first-order chi connectivity index (χ1) is 7.06. The molecule has 0 aliphatic carbocycles. The summed E-state index contributed by atoms with van der Waals surface area (Å²) in [5.74, 6) is -0.318. The number of alkyl halides is 3. The van der Waals surface area contributed by atoms with E-state index in [1.807, 2.05) is 12.1 Å². The average molecular weight is 401 g/mol. The highest BCUT2D eigenvalue weighted by Crippen LogP contribution is 2.34. The molecule has 0 amide bonds. The van der Waals surface area contributed by atoms with E-state index in [4.69, 9.17) is 0 Å². The summed E-state index contributed by atoms with van der Waals surface area (Å²) in [6, 6.07) is 7.28. The molecule has 5 heteroatoms. The Hall–Kier alpha value is 0.130. The number of carbonyl (C=O) groups excluding carboxylic acids is 1. The van der Waals surface area contributed by atoms with E-state index >= 15 is 0 Å². The Morgan fingerprint density at radius 1 is 1.20 bits per heavy atom. The normalized spacial score (nSPS) is 12.6. The third kappa shape index (κ3) is 3.57. The summed E-state index contributed by atoms with van der Waals surface area (Å²) in [6.07, 6.45) is 0. The Morgan fingerprint density at radius 2 is 1.73 bits per heavy atom. The standard InChI is InChI=1S/C10H9Br3O2/c1-15-10(14)7-4-2-6(3-5-7)8(11)9(12)13/h2-5,8-9H,1H3. The first kappa shape index (κ1) is 13.2. The van der Waals surface area contributed by atoms with Crippen molar-refractivity contribution in [2.75, 3.05) is 7.11 Å². The number of esters is 1. The van der Waals surface area contributed by atoms with Crippen LogP contribution in [0.25, 0.3) is 0 Å². The molecule has 0 aromatic heterocycles. The van der Waals surface area contributed by atoms with Gasteiger partial charge in [-0.05, 0) is 17.7 Å². The van der Waals surface area contributed by atoms with Gasteiger partial charge >= 0.3 is 5.97 Å². The minimum absolute atomic E-state index is 0.147. The summed E-state index contributed by atoms with van der Waals surface area (Å²) in [7, 11) is 1.37. The maximum absolute atomic E-state index is 11.2. The fourth-order valence-corrected chi connectivity index (χ4v) is 1.98. The smallest absolute Gasteiger partial charge is 0.337 e. The molecule has 0 saturated carbocycles. The highest BCUT2D eigenvalue weighted by atomic mass is 79.9. The monoisotopic (exact) mass is 398 g/mol. The second-order valence-corrected chi connectivity index (χ2v) is 7.04. The average Bonchev–Trinajstić information content (AvgIpc) is 2.27. The molecule has 0 N–H and O–H groups in total. The van der Waals surface area contributed by atoms with Crippen molar-refractivity contribution < 1.29 is 9.53 Å². The van der Waals surface area contributed by atoms with Crippen molar-refractivity contribution in [3.63, 3.8) is 0 Å². The van der Waals surface area contributed by atoms with Crippen LogP contribution < -0.4 is 0 Å². The van der Waals surface area contributed by atoms with Crippen molar-refractivity contribution in [2.24, 2.45) is 0 Å². The predicted octanol–water partition coefficient (Wildman–Crippen LogP) is 4.03. The van der Waals surface area contributed by atoms with E-state index in [1.165, 1.54) is 7.11 Å². The summed E-state index contributed by atoms with van der Waals surface area (Å²) in [6.45, 7) is 0. The van der Waals surface area contributed by atoms with Gasteiger partial charge in [-0.3, -0.25) is 0 Å². The van der Waals surface area contributed by atoms with E-state index in [-0.39, 0.29) is 14.5 Å². The van der Waals surface area contributed by atoms with Crippen LogP contribution in [0, 0.1) is 0 Å². The molecular formula is C10H9Br3O2. The number of rotatable bonds is 3. The Morgan fingerprint density at radius 3 is 2.13 bits per heavy atom. The Kier molecular flexibility index (Phi) is 5.29. The van der Waals surface area contributed by atoms with Crippen LogP contribution >= 0.6 is 47.8 Å². The molecule has 0 bridgehead atoms. The van der Waals surface area contributed by atoms with Crippen LogP contribution in [-0.2, 0) is 4.74 Å². The quantitative estimate of drug-likeness (QED) is 0.565.